The number of ether oxygens (including phenoxy) is 1. The van der Waals surface area contributed by atoms with E-state index in [1.165, 1.54) is 0 Å². The standard InChI is InChI=1S/C20H23N3O3/c1-13-12-16(14-6-4-3-5-7-14)22-23(13)17-18(24)20(21-19(17)25)10-8-15(26-2)9-11-20/h3-7,12,15,24H,8-11H2,1-2H3,(H,21,25). The molecule has 4 rings (SSSR count). The lowest BCUT2D eigenvalue weighted by molar-refractivity contribution is -0.117. The lowest BCUT2D eigenvalue weighted by Crippen LogP contribution is -2.48. The van der Waals surface area contributed by atoms with Crippen molar-refractivity contribution < 1.29 is 14.6 Å². The Morgan fingerprint density at radius 3 is 2.62 bits per heavy atom. The molecular formula is C20H23N3O3. The molecular weight excluding hydrogens is 330 g/mol. The fourth-order valence-electron chi connectivity index (χ4n) is 4.00. The predicted octanol–water partition coefficient (Wildman–Crippen LogP) is 3.04. The van der Waals surface area contributed by atoms with E-state index in [1.807, 2.05) is 43.3 Å². The van der Waals surface area contributed by atoms with Crippen molar-refractivity contribution in [2.24, 2.45) is 0 Å². The molecule has 0 bridgehead atoms. The zero-order valence-corrected chi connectivity index (χ0v) is 15.0. The van der Waals surface area contributed by atoms with Crippen LogP contribution in [0.1, 0.15) is 31.4 Å². The number of aliphatic hydroxyl groups is 1. The Kier molecular flexibility index (Phi) is 4.07. The van der Waals surface area contributed by atoms with Gasteiger partial charge >= 0.3 is 0 Å². The summed E-state index contributed by atoms with van der Waals surface area (Å²) in [5.41, 5.74) is 2.11. The van der Waals surface area contributed by atoms with E-state index >= 15 is 0 Å². The van der Waals surface area contributed by atoms with E-state index in [2.05, 4.69) is 10.4 Å². The van der Waals surface area contributed by atoms with Gasteiger partial charge in [-0.25, -0.2) is 4.68 Å². The highest BCUT2D eigenvalue weighted by molar-refractivity contribution is 6.17. The van der Waals surface area contributed by atoms with Gasteiger partial charge in [-0.3, -0.25) is 4.79 Å². The second-order valence-electron chi connectivity index (χ2n) is 7.12. The van der Waals surface area contributed by atoms with Crippen LogP contribution in [0.15, 0.2) is 42.2 Å². The first kappa shape index (κ1) is 16.8. The molecule has 6 nitrogen and oxygen atoms in total. The summed E-state index contributed by atoms with van der Waals surface area (Å²) in [6.07, 6.45) is 3.13. The van der Waals surface area contributed by atoms with E-state index < -0.39 is 5.54 Å². The number of rotatable bonds is 3. The van der Waals surface area contributed by atoms with Crippen LogP contribution in [-0.4, -0.2) is 39.5 Å². The van der Waals surface area contributed by atoms with Crippen molar-refractivity contribution in [1.82, 2.24) is 15.1 Å². The Labute approximate surface area is 152 Å². The molecule has 1 aliphatic carbocycles. The molecule has 1 aromatic heterocycles. The molecule has 6 heteroatoms. The number of methoxy groups -OCH3 is 1. The third kappa shape index (κ3) is 2.61. The second-order valence-corrected chi connectivity index (χ2v) is 7.12. The maximum atomic E-state index is 12.7. The molecule has 2 N–H and O–H groups in total. The van der Waals surface area contributed by atoms with Gasteiger partial charge in [-0.05, 0) is 38.7 Å². The molecule has 0 atom stereocenters. The predicted molar refractivity (Wildman–Crippen MR) is 98.4 cm³/mol. The van der Waals surface area contributed by atoms with Crippen molar-refractivity contribution >= 4 is 11.6 Å². The van der Waals surface area contributed by atoms with Crippen molar-refractivity contribution in [1.29, 1.82) is 0 Å². The summed E-state index contributed by atoms with van der Waals surface area (Å²) in [7, 11) is 1.70. The number of aryl methyl sites for hydroxylation is 1. The van der Waals surface area contributed by atoms with Crippen molar-refractivity contribution in [2.75, 3.05) is 7.11 Å². The molecule has 2 aliphatic rings. The largest absolute Gasteiger partial charge is 0.507 e. The zero-order valence-electron chi connectivity index (χ0n) is 15.0. The van der Waals surface area contributed by atoms with Gasteiger partial charge in [0, 0.05) is 18.4 Å². The lowest BCUT2D eigenvalue weighted by atomic mass is 9.80. The molecule has 1 aliphatic heterocycles. The average molecular weight is 353 g/mol. The second kappa shape index (κ2) is 6.29. The van der Waals surface area contributed by atoms with Gasteiger partial charge in [0.2, 0.25) is 0 Å². The molecule has 2 aromatic rings. The minimum atomic E-state index is -0.688. The molecule has 2 heterocycles. The van der Waals surface area contributed by atoms with Crippen LogP contribution in [0.3, 0.4) is 0 Å². The fourth-order valence-corrected chi connectivity index (χ4v) is 4.00. The van der Waals surface area contributed by atoms with E-state index in [4.69, 9.17) is 4.74 Å². The Bertz CT molecular complexity index is 862. The van der Waals surface area contributed by atoms with E-state index in [0.717, 1.165) is 29.8 Å². The minimum Gasteiger partial charge on any atom is -0.507 e. The number of aromatic nitrogens is 2. The zero-order chi connectivity index (χ0) is 18.3. The Morgan fingerprint density at radius 1 is 1.27 bits per heavy atom. The monoisotopic (exact) mass is 353 g/mol. The van der Waals surface area contributed by atoms with Crippen LogP contribution in [-0.2, 0) is 9.53 Å². The van der Waals surface area contributed by atoms with Crippen LogP contribution in [0.25, 0.3) is 17.0 Å². The highest BCUT2D eigenvalue weighted by Gasteiger charge is 2.48. The van der Waals surface area contributed by atoms with Crippen molar-refractivity contribution in [2.45, 2.75) is 44.2 Å². The van der Waals surface area contributed by atoms with Gasteiger partial charge < -0.3 is 15.2 Å². The van der Waals surface area contributed by atoms with Gasteiger partial charge in [0.15, 0.2) is 5.70 Å². The van der Waals surface area contributed by atoms with Crippen LogP contribution in [0.4, 0.5) is 0 Å². The smallest absolute Gasteiger partial charge is 0.274 e. The van der Waals surface area contributed by atoms with Gasteiger partial charge in [-0.2, -0.15) is 5.10 Å². The molecule has 1 saturated carbocycles. The van der Waals surface area contributed by atoms with Gasteiger partial charge in [0.05, 0.1) is 11.8 Å². The van der Waals surface area contributed by atoms with E-state index in [-0.39, 0.29) is 23.5 Å². The topological polar surface area (TPSA) is 76.4 Å². The number of nitrogens with one attached hydrogen (secondary N) is 1. The Morgan fingerprint density at radius 2 is 1.96 bits per heavy atom. The van der Waals surface area contributed by atoms with E-state index in [1.54, 1.807) is 11.8 Å². The first-order valence-corrected chi connectivity index (χ1v) is 8.95. The molecule has 26 heavy (non-hydrogen) atoms. The van der Waals surface area contributed by atoms with Crippen molar-refractivity contribution in [3.05, 3.63) is 47.9 Å². The lowest BCUT2D eigenvalue weighted by Gasteiger charge is -2.36. The van der Waals surface area contributed by atoms with Gasteiger partial charge in [-0.1, -0.05) is 30.3 Å². The Hall–Kier alpha value is -2.60. The van der Waals surface area contributed by atoms with Gasteiger partial charge in [0.25, 0.3) is 5.91 Å². The van der Waals surface area contributed by atoms with Crippen molar-refractivity contribution in [3.8, 4) is 11.3 Å². The first-order valence-electron chi connectivity index (χ1n) is 8.95. The highest BCUT2D eigenvalue weighted by Crippen LogP contribution is 2.40. The highest BCUT2D eigenvalue weighted by atomic mass is 16.5. The molecule has 0 radical (unpaired) electrons. The quantitative estimate of drug-likeness (QED) is 0.889. The van der Waals surface area contributed by atoms with Crippen LogP contribution < -0.4 is 5.32 Å². The number of hydrogen-bond donors (Lipinski definition) is 2. The van der Waals surface area contributed by atoms with Gasteiger partial charge in [0.1, 0.15) is 11.3 Å². The fraction of sp³-hybridized carbons (Fsp3) is 0.400. The summed E-state index contributed by atoms with van der Waals surface area (Å²) < 4.78 is 6.97. The summed E-state index contributed by atoms with van der Waals surface area (Å²) in [6.45, 7) is 1.89. The molecule has 1 amide bonds. The SMILES string of the molecule is COC1CCC2(CC1)NC(=O)C(n1nc(-c3ccccc3)cc1C)=C2O. The summed E-state index contributed by atoms with van der Waals surface area (Å²) in [5.74, 6) is -0.174. The third-order valence-corrected chi connectivity index (χ3v) is 5.53. The van der Waals surface area contributed by atoms with E-state index in [9.17, 15) is 9.90 Å². The number of amides is 1. The third-order valence-electron chi connectivity index (χ3n) is 5.53. The maximum absolute atomic E-state index is 12.7. The van der Waals surface area contributed by atoms with Crippen LogP contribution in [0.5, 0.6) is 0 Å². The average Bonchev–Trinajstić information content (AvgIpc) is 3.14. The Balaban J connectivity index is 1.71. The van der Waals surface area contributed by atoms with Crippen molar-refractivity contribution in [3.63, 3.8) is 0 Å². The summed E-state index contributed by atoms with van der Waals surface area (Å²) in [4.78, 5) is 12.7. The molecule has 136 valence electrons. The van der Waals surface area contributed by atoms with Crippen LogP contribution in [0.2, 0.25) is 0 Å². The number of benzene rings is 1. The minimum absolute atomic E-state index is 0.0999. The molecule has 1 spiro atoms. The first-order chi connectivity index (χ1) is 12.5. The maximum Gasteiger partial charge on any atom is 0.274 e. The summed E-state index contributed by atoms with van der Waals surface area (Å²) in [5, 5.41) is 18.5. The summed E-state index contributed by atoms with van der Waals surface area (Å²) in [6, 6.07) is 11.7. The number of hydrogen-bond acceptors (Lipinski definition) is 4. The molecule has 1 aromatic carbocycles. The van der Waals surface area contributed by atoms with Crippen LogP contribution >= 0.6 is 0 Å². The molecule has 0 saturated heterocycles. The van der Waals surface area contributed by atoms with E-state index in [0.29, 0.717) is 12.8 Å². The number of carbonyl (C=O) groups excluding carboxylic acids is 1. The number of nitrogens with zero attached hydrogens (tertiary/aromatic N) is 2. The number of carbonyl (C=O) groups is 1. The molecule has 0 unspecified atom stereocenters. The number of aliphatic hydroxyl groups excluding tert-OH is 1. The van der Waals surface area contributed by atoms with Gasteiger partial charge in [-0.15, -0.1) is 0 Å². The summed E-state index contributed by atoms with van der Waals surface area (Å²) >= 11 is 0. The normalized spacial score (nSPS) is 25.8. The van der Waals surface area contributed by atoms with Crippen LogP contribution in [0, 0.1) is 6.92 Å². The molecule has 1 fully saturated rings.